The van der Waals surface area contributed by atoms with E-state index in [-0.39, 0.29) is 42.9 Å². The molecule has 2 aliphatic rings. The van der Waals surface area contributed by atoms with Gasteiger partial charge in [0.25, 0.3) is 0 Å². The molecule has 0 radical (unpaired) electrons. The van der Waals surface area contributed by atoms with E-state index in [1.165, 1.54) is 22.3 Å². The number of nitrogens with one attached hydrogen (secondary N) is 2. The third-order valence-electron chi connectivity index (χ3n) is 7.10. The van der Waals surface area contributed by atoms with E-state index in [0.29, 0.717) is 12.8 Å². The minimum Gasteiger partial charge on any atom is -0.481 e. The van der Waals surface area contributed by atoms with Crippen LogP contribution in [-0.2, 0) is 14.3 Å². The molecule has 0 heterocycles. The van der Waals surface area contributed by atoms with E-state index in [1.807, 2.05) is 31.2 Å². The summed E-state index contributed by atoms with van der Waals surface area (Å²) in [6, 6.07) is 16.1. The van der Waals surface area contributed by atoms with Gasteiger partial charge < -0.3 is 20.5 Å². The molecule has 0 aliphatic heterocycles. The van der Waals surface area contributed by atoms with Crippen LogP contribution in [0, 0.1) is 5.92 Å². The quantitative estimate of drug-likeness (QED) is 0.453. The Morgan fingerprint density at radius 1 is 1.03 bits per heavy atom. The molecule has 35 heavy (non-hydrogen) atoms. The second-order valence-corrected chi connectivity index (χ2v) is 9.70. The molecule has 0 unspecified atom stereocenters. The van der Waals surface area contributed by atoms with Crippen molar-refractivity contribution in [3.8, 4) is 11.1 Å². The number of carbonyl (C=O) groups excluding carboxylic acids is 2. The number of amides is 2. The summed E-state index contributed by atoms with van der Waals surface area (Å²) in [6.07, 6.45) is 3.69. The van der Waals surface area contributed by atoms with Crippen LogP contribution in [0.5, 0.6) is 0 Å². The average molecular weight is 479 g/mol. The van der Waals surface area contributed by atoms with E-state index in [4.69, 9.17) is 9.84 Å². The first-order valence-corrected chi connectivity index (χ1v) is 12.6. The lowest BCUT2D eigenvalue weighted by molar-refractivity contribution is -0.137. The first-order chi connectivity index (χ1) is 16.9. The normalized spacial score (nSPS) is 19.5. The molecule has 1 saturated carbocycles. The minimum atomic E-state index is -0.906. The zero-order valence-electron chi connectivity index (χ0n) is 20.2. The van der Waals surface area contributed by atoms with Crippen LogP contribution in [0.3, 0.4) is 0 Å². The van der Waals surface area contributed by atoms with Crippen LogP contribution < -0.4 is 10.6 Å². The summed E-state index contributed by atoms with van der Waals surface area (Å²) < 4.78 is 5.65. The first-order valence-electron chi connectivity index (χ1n) is 12.6. The number of benzene rings is 2. The molecular formula is C28H34N2O5. The summed E-state index contributed by atoms with van der Waals surface area (Å²) in [6.45, 7) is 2.25. The Hall–Kier alpha value is -3.35. The third-order valence-corrected chi connectivity index (χ3v) is 7.10. The zero-order chi connectivity index (χ0) is 24.8. The molecule has 0 aromatic heterocycles. The van der Waals surface area contributed by atoms with Crippen LogP contribution in [0.4, 0.5) is 4.79 Å². The largest absolute Gasteiger partial charge is 0.481 e. The van der Waals surface area contributed by atoms with Crippen molar-refractivity contribution >= 4 is 18.0 Å². The molecule has 2 aromatic carbocycles. The number of rotatable bonds is 10. The number of hydrogen-bond donors (Lipinski definition) is 3. The van der Waals surface area contributed by atoms with Gasteiger partial charge in [0.2, 0.25) is 5.91 Å². The summed E-state index contributed by atoms with van der Waals surface area (Å²) in [4.78, 5) is 36.0. The fourth-order valence-corrected chi connectivity index (χ4v) is 5.53. The van der Waals surface area contributed by atoms with E-state index in [0.717, 1.165) is 25.7 Å². The van der Waals surface area contributed by atoms with E-state index >= 15 is 0 Å². The van der Waals surface area contributed by atoms with Gasteiger partial charge in [0.05, 0.1) is 6.42 Å². The van der Waals surface area contributed by atoms with Crippen LogP contribution in [0.1, 0.15) is 68.9 Å². The Labute approximate surface area is 206 Å². The van der Waals surface area contributed by atoms with E-state index in [2.05, 4.69) is 34.9 Å². The summed E-state index contributed by atoms with van der Waals surface area (Å²) >= 11 is 0. The molecule has 7 nitrogen and oxygen atoms in total. The van der Waals surface area contributed by atoms with Gasteiger partial charge >= 0.3 is 12.1 Å². The van der Waals surface area contributed by atoms with Gasteiger partial charge in [0.15, 0.2) is 0 Å². The minimum absolute atomic E-state index is 0.0195. The Morgan fingerprint density at radius 3 is 2.31 bits per heavy atom. The molecule has 3 N–H and O–H groups in total. The molecule has 7 heteroatoms. The molecule has 0 saturated heterocycles. The number of fused-ring (bicyclic) bond motifs is 3. The van der Waals surface area contributed by atoms with Crippen LogP contribution >= 0.6 is 0 Å². The maximum atomic E-state index is 12.6. The summed E-state index contributed by atoms with van der Waals surface area (Å²) in [5, 5.41) is 14.9. The zero-order valence-corrected chi connectivity index (χ0v) is 20.2. The number of carboxylic acid groups (broad SMARTS) is 1. The Balaban J connectivity index is 1.24. The molecule has 186 valence electrons. The van der Waals surface area contributed by atoms with Crippen LogP contribution in [0.25, 0.3) is 11.1 Å². The molecule has 4 rings (SSSR count). The summed E-state index contributed by atoms with van der Waals surface area (Å²) in [5.74, 6) is -0.829. The van der Waals surface area contributed by atoms with Gasteiger partial charge in [-0.1, -0.05) is 61.9 Å². The van der Waals surface area contributed by atoms with Gasteiger partial charge in [-0.05, 0) is 53.9 Å². The van der Waals surface area contributed by atoms with Gasteiger partial charge in [0, 0.05) is 24.4 Å². The van der Waals surface area contributed by atoms with Crippen molar-refractivity contribution in [1.82, 2.24) is 10.6 Å². The number of carbonyl (C=O) groups is 3. The third kappa shape index (κ3) is 6.21. The molecule has 2 amide bonds. The smallest absolute Gasteiger partial charge is 0.407 e. The van der Waals surface area contributed by atoms with Crippen molar-refractivity contribution < 1.29 is 24.2 Å². The number of carboxylic acids is 1. The SMILES string of the molecule is CCC[C@H](CC(=O)O)NC(=O)C[C@@H]1CC[C@H](NC(=O)OCC2c3ccccc3-c3ccccc32)C1. The maximum Gasteiger partial charge on any atom is 0.407 e. The molecule has 3 atom stereocenters. The van der Waals surface area contributed by atoms with E-state index in [1.54, 1.807) is 0 Å². The van der Waals surface area contributed by atoms with Crippen molar-refractivity contribution in [2.45, 2.75) is 69.9 Å². The van der Waals surface area contributed by atoms with E-state index in [9.17, 15) is 14.4 Å². The second kappa shape index (κ2) is 11.4. The van der Waals surface area contributed by atoms with Crippen LogP contribution in [0.15, 0.2) is 48.5 Å². The van der Waals surface area contributed by atoms with Crippen molar-refractivity contribution in [3.05, 3.63) is 59.7 Å². The Kier molecular flexibility index (Phi) is 8.06. The average Bonchev–Trinajstić information content (AvgIpc) is 3.39. The molecule has 2 aromatic rings. The fraction of sp³-hybridized carbons (Fsp3) is 0.464. The predicted octanol–water partition coefficient (Wildman–Crippen LogP) is 4.84. The highest BCUT2D eigenvalue weighted by Gasteiger charge is 2.31. The molecule has 2 aliphatic carbocycles. The van der Waals surface area contributed by atoms with Gasteiger partial charge in [-0.15, -0.1) is 0 Å². The van der Waals surface area contributed by atoms with Gasteiger partial charge in [-0.2, -0.15) is 0 Å². The van der Waals surface area contributed by atoms with E-state index < -0.39 is 12.1 Å². The molecule has 0 spiro atoms. The van der Waals surface area contributed by atoms with Crippen LogP contribution in [-0.4, -0.2) is 41.8 Å². The highest BCUT2D eigenvalue weighted by Crippen LogP contribution is 2.44. The van der Waals surface area contributed by atoms with Crippen molar-refractivity contribution in [3.63, 3.8) is 0 Å². The molecule has 1 fully saturated rings. The topological polar surface area (TPSA) is 105 Å². The molecule has 0 bridgehead atoms. The molecular weight excluding hydrogens is 444 g/mol. The number of alkyl carbamates (subject to hydrolysis) is 1. The standard InChI is InChI=1S/C28H34N2O5/c1-2-7-19(16-27(32)33)29-26(31)15-18-12-13-20(14-18)30-28(34)35-17-25-23-10-5-3-8-21(23)22-9-4-6-11-24(22)25/h3-6,8-11,18-20,25H,2,7,12-17H2,1H3,(H,29,31)(H,30,34)(H,32,33)/t18-,19-,20+/m1/s1. The van der Waals surface area contributed by atoms with Crippen molar-refractivity contribution in [2.24, 2.45) is 5.92 Å². The first kappa shape index (κ1) is 24.8. The second-order valence-electron chi connectivity index (χ2n) is 9.70. The number of hydrogen-bond acceptors (Lipinski definition) is 4. The Bertz CT molecular complexity index is 1020. The predicted molar refractivity (Wildman–Crippen MR) is 133 cm³/mol. The highest BCUT2D eigenvalue weighted by atomic mass is 16.5. The fourth-order valence-electron chi connectivity index (χ4n) is 5.53. The number of ether oxygens (including phenoxy) is 1. The highest BCUT2D eigenvalue weighted by molar-refractivity contribution is 5.79. The van der Waals surface area contributed by atoms with Crippen LogP contribution in [0.2, 0.25) is 0 Å². The lowest BCUT2D eigenvalue weighted by Crippen LogP contribution is -2.37. The summed E-state index contributed by atoms with van der Waals surface area (Å²) in [5.41, 5.74) is 4.74. The van der Waals surface area contributed by atoms with Crippen molar-refractivity contribution in [1.29, 1.82) is 0 Å². The monoisotopic (exact) mass is 478 g/mol. The van der Waals surface area contributed by atoms with Gasteiger partial charge in [-0.3, -0.25) is 9.59 Å². The number of aliphatic carboxylic acids is 1. The van der Waals surface area contributed by atoms with Crippen molar-refractivity contribution in [2.75, 3.05) is 6.61 Å². The van der Waals surface area contributed by atoms with Gasteiger partial charge in [0.1, 0.15) is 6.61 Å². The maximum absolute atomic E-state index is 12.6. The summed E-state index contributed by atoms with van der Waals surface area (Å²) in [7, 11) is 0. The lowest BCUT2D eigenvalue weighted by Gasteiger charge is -2.18. The lowest BCUT2D eigenvalue weighted by atomic mass is 9.98. The Morgan fingerprint density at radius 2 is 1.69 bits per heavy atom. The van der Waals surface area contributed by atoms with Gasteiger partial charge in [-0.25, -0.2) is 4.79 Å².